The smallest absolute Gasteiger partial charge is 0.323 e. The Morgan fingerprint density at radius 3 is 1.94 bits per heavy atom. The highest BCUT2D eigenvalue weighted by atomic mass is 28.4. The molecule has 2 aromatic rings. The molecule has 1 heterocycles. The third-order valence-electron chi connectivity index (χ3n) is 6.92. The fourth-order valence-corrected chi connectivity index (χ4v) is 9.99. The molecule has 2 aromatic carbocycles. The molecule has 0 saturated carbocycles. The zero-order valence-corrected chi connectivity index (χ0v) is 23.8. The van der Waals surface area contributed by atoms with Crippen LogP contribution in [0.4, 0.5) is 0 Å². The number of rotatable bonds is 9. The van der Waals surface area contributed by atoms with Crippen LogP contribution in [0.3, 0.4) is 0 Å². The molecule has 0 aromatic heterocycles. The minimum atomic E-state index is -2.59. The van der Waals surface area contributed by atoms with E-state index < -0.39 is 13.9 Å². The predicted molar refractivity (Wildman–Crippen MR) is 148 cm³/mol. The summed E-state index contributed by atoms with van der Waals surface area (Å²) in [5.74, 6) is 0.201. The highest BCUT2D eigenvalue weighted by Crippen LogP contribution is 2.38. The van der Waals surface area contributed by atoms with Crippen molar-refractivity contribution in [3.8, 4) is 0 Å². The lowest BCUT2D eigenvalue weighted by Crippen LogP contribution is -2.67. The summed E-state index contributed by atoms with van der Waals surface area (Å²) in [5, 5.41) is 2.53. The van der Waals surface area contributed by atoms with Gasteiger partial charge in [-0.25, -0.2) is 0 Å². The number of hydrogen-bond acceptors (Lipinski definition) is 4. The summed E-state index contributed by atoms with van der Waals surface area (Å²) < 4.78 is 13.0. The second-order valence-corrected chi connectivity index (χ2v) is 16.3. The van der Waals surface area contributed by atoms with Gasteiger partial charge in [0, 0.05) is 13.2 Å². The summed E-state index contributed by atoms with van der Waals surface area (Å²) in [6.07, 6.45) is 2.99. The maximum atomic E-state index is 13.1. The van der Waals surface area contributed by atoms with Gasteiger partial charge >= 0.3 is 5.97 Å². The van der Waals surface area contributed by atoms with E-state index in [1.165, 1.54) is 10.4 Å². The van der Waals surface area contributed by atoms with Crippen LogP contribution in [0.1, 0.15) is 67.7 Å². The Kier molecular flexibility index (Phi) is 9.00. The van der Waals surface area contributed by atoms with Crippen molar-refractivity contribution in [2.75, 3.05) is 19.7 Å². The van der Waals surface area contributed by atoms with E-state index in [1.54, 1.807) is 0 Å². The van der Waals surface area contributed by atoms with E-state index in [2.05, 4.69) is 93.3 Å². The van der Waals surface area contributed by atoms with Gasteiger partial charge in [0.25, 0.3) is 8.32 Å². The molecule has 2 atom stereocenters. The maximum absolute atomic E-state index is 13.1. The number of benzene rings is 2. The molecule has 0 N–H and O–H groups in total. The zero-order chi connectivity index (χ0) is 25.7. The summed E-state index contributed by atoms with van der Waals surface area (Å²) in [4.78, 5) is 15.4. The molecule has 5 heteroatoms. The molecule has 192 valence electrons. The number of nitrogens with zero attached hydrogens (tertiary/aromatic N) is 1. The molecule has 1 aliphatic heterocycles. The predicted octanol–water partition coefficient (Wildman–Crippen LogP) is 5.40. The zero-order valence-electron chi connectivity index (χ0n) is 22.8. The number of likely N-dealkylation sites (tertiary alicyclic amines) is 1. The van der Waals surface area contributed by atoms with Crippen molar-refractivity contribution >= 4 is 24.7 Å². The van der Waals surface area contributed by atoms with Crippen LogP contribution in [0.2, 0.25) is 5.04 Å². The van der Waals surface area contributed by atoms with E-state index in [4.69, 9.17) is 9.16 Å². The van der Waals surface area contributed by atoms with Crippen molar-refractivity contribution in [2.24, 2.45) is 5.92 Å². The largest absolute Gasteiger partial charge is 0.459 e. The van der Waals surface area contributed by atoms with Crippen molar-refractivity contribution < 1.29 is 14.0 Å². The minimum Gasteiger partial charge on any atom is -0.459 e. The lowest BCUT2D eigenvalue weighted by Gasteiger charge is -2.43. The quantitative estimate of drug-likeness (QED) is 0.345. The molecule has 35 heavy (non-hydrogen) atoms. The Hall–Kier alpha value is -1.95. The number of esters is 1. The Morgan fingerprint density at radius 1 is 0.943 bits per heavy atom. The van der Waals surface area contributed by atoms with Gasteiger partial charge in [0.1, 0.15) is 11.6 Å². The molecule has 0 bridgehead atoms. The molecule has 0 amide bonds. The van der Waals surface area contributed by atoms with Gasteiger partial charge in [-0.1, -0.05) is 94.8 Å². The standard InChI is InChI=1S/C30H45NO3Si/c1-8-9-20-31-22-24(21-27(31)28(32)34-29(2,3)4)23-33-35(30(5,6)7,25-16-12-10-13-17-25)26-18-14-11-15-19-26/h10-19,24,27H,8-9,20-23H2,1-7H3. The van der Waals surface area contributed by atoms with Gasteiger partial charge in [0.15, 0.2) is 0 Å². The average Bonchev–Trinajstić information content (AvgIpc) is 3.21. The molecule has 0 spiro atoms. The normalized spacial score (nSPS) is 19.6. The van der Waals surface area contributed by atoms with E-state index >= 15 is 0 Å². The monoisotopic (exact) mass is 495 g/mol. The Balaban J connectivity index is 1.89. The molecule has 1 fully saturated rings. The van der Waals surface area contributed by atoms with Crippen LogP contribution in [0.15, 0.2) is 60.7 Å². The Morgan fingerprint density at radius 2 is 1.49 bits per heavy atom. The second-order valence-electron chi connectivity index (χ2n) is 12.0. The van der Waals surface area contributed by atoms with E-state index in [1.807, 2.05) is 20.8 Å². The summed E-state index contributed by atoms with van der Waals surface area (Å²) in [6.45, 7) is 17.4. The molecule has 1 aliphatic rings. The van der Waals surface area contributed by atoms with E-state index in [0.29, 0.717) is 12.5 Å². The van der Waals surface area contributed by atoms with Gasteiger partial charge in [-0.05, 0) is 61.5 Å². The number of carbonyl (C=O) groups is 1. The van der Waals surface area contributed by atoms with Crippen LogP contribution in [0, 0.1) is 5.92 Å². The third-order valence-corrected chi connectivity index (χ3v) is 11.9. The Bertz CT molecular complexity index is 894. The second kappa shape index (κ2) is 11.4. The van der Waals surface area contributed by atoms with Gasteiger partial charge in [-0.2, -0.15) is 0 Å². The first-order chi connectivity index (χ1) is 16.5. The van der Waals surface area contributed by atoms with Crippen LogP contribution >= 0.6 is 0 Å². The van der Waals surface area contributed by atoms with Gasteiger partial charge in [-0.15, -0.1) is 0 Å². The first kappa shape index (κ1) is 27.6. The fraction of sp³-hybridized carbons (Fsp3) is 0.567. The van der Waals surface area contributed by atoms with Crippen LogP contribution < -0.4 is 10.4 Å². The minimum absolute atomic E-state index is 0.0548. The number of ether oxygens (including phenoxy) is 1. The average molecular weight is 496 g/mol. The lowest BCUT2D eigenvalue weighted by molar-refractivity contribution is -0.160. The maximum Gasteiger partial charge on any atom is 0.323 e. The molecule has 0 radical (unpaired) electrons. The Labute approximate surface area is 214 Å². The van der Waals surface area contributed by atoms with Crippen molar-refractivity contribution in [1.29, 1.82) is 0 Å². The van der Waals surface area contributed by atoms with Gasteiger partial charge in [0.05, 0.1) is 0 Å². The lowest BCUT2D eigenvalue weighted by atomic mass is 10.1. The van der Waals surface area contributed by atoms with Crippen LogP contribution in [-0.2, 0) is 14.0 Å². The first-order valence-corrected chi connectivity index (χ1v) is 15.1. The van der Waals surface area contributed by atoms with E-state index in [0.717, 1.165) is 32.4 Å². The molecule has 4 nitrogen and oxygen atoms in total. The molecule has 0 aliphatic carbocycles. The molecule has 3 rings (SSSR count). The van der Waals surface area contributed by atoms with Crippen molar-refractivity contribution in [2.45, 2.75) is 84.4 Å². The number of carbonyl (C=O) groups excluding carboxylic acids is 1. The molecule has 2 unspecified atom stereocenters. The summed E-state index contributed by atoms with van der Waals surface area (Å²) in [5.41, 5.74) is -0.475. The highest BCUT2D eigenvalue weighted by molar-refractivity contribution is 6.99. The number of unbranched alkanes of at least 4 members (excludes halogenated alkanes) is 1. The van der Waals surface area contributed by atoms with Crippen molar-refractivity contribution in [3.63, 3.8) is 0 Å². The van der Waals surface area contributed by atoms with Gasteiger partial charge in [-0.3, -0.25) is 9.69 Å². The summed E-state index contributed by atoms with van der Waals surface area (Å²) in [7, 11) is -2.59. The van der Waals surface area contributed by atoms with Gasteiger partial charge < -0.3 is 9.16 Å². The topological polar surface area (TPSA) is 38.8 Å². The first-order valence-electron chi connectivity index (χ1n) is 13.2. The van der Waals surface area contributed by atoms with Crippen molar-refractivity contribution in [1.82, 2.24) is 4.90 Å². The van der Waals surface area contributed by atoms with Crippen LogP contribution in [0.5, 0.6) is 0 Å². The molecule has 1 saturated heterocycles. The van der Waals surface area contributed by atoms with Crippen LogP contribution in [-0.4, -0.2) is 50.5 Å². The van der Waals surface area contributed by atoms with Crippen molar-refractivity contribution in [3.05, 3.63) is 60.7 Å². The number of hydrogen-bond donors (Lipinski definition) is 0. The summed E-state index contributed by atoms with van der Waals surface area (Å²) >= 11 is 0. The van der Waals surface area contributed by atoms with E-state index in [-0.39, 0.29) is 17.0 Å². The molecular formula is C30H45NO3Si. The third kappa shape index (κ3) is 6.63. The summed E-state index contributed by atoms with van der Waals surface area (Å²) in [6, 6.07) is 21.4. The van der Waals surface area contributed by atoms with Crippen LogP contribution in [0.25, 0.3) is 0 Å². The SMILES string of the molecule is CCCCN1CC(CO[Si](c2ccccc2)(c2ccccc2)C(C)(C)C)CC1C(=O)OC(C)(C)C. The van der Waals surface area contributed by atoms with Gasteiger partial charge in [0.2, 0.25) is 0 Å². The van der Waals surface area contributed by atoms with E-state index in [9.17, 15) is 4.79 Å². The fourth-order valence-electron chi connectivity index (χ4n) is 5.35. The highest BCUT2D eigenvalue weighted by Gasteiger charge is 2.51. The molecular weight excluding hydrogens is 450 g/mol.